The second-order valence-electron chi connectivity index (χ2n) is 4.71. The molecule has 1 aliphatic rings. The lowest BCUT2D eigenvalue weighted by atomic mass is 9.79. The van der Waals surface area contributed by atoms with Crippen molar-refractivity contribution in [3.63, 3.8) is 0 Å². The van der Waals surface area contributed by atoms with Crippen LogP contribution in [0.25, 0.3) is 0 Å². The molecule has 1 aromatic heterocycles. The Hall–Kier alpha value is -1.42. The number of hydrogen-bond donors (Lipinski definition) is 3. The fourth-order valence-corrected chi connectivity index (χ4v) is 2.69. The van der Waals surface area contributed by atoms with E-state index in [4.69, 9.17) is 14.5 Å². The zero-order valence-corrected chi connectivity index (χ0v) is 12.0. The van der Waals surface area contributed by atoms with Crippen LogP contribution in [-0.4, -0.2) is 54.4 Å². The number of amides is 1. The van der Waals surface area contributed by atoms with Crippen LogP contribution in [0.5, 0.6) is 0 Å². The van der Waals surface area contributed by atoms with Crippen LogP contribution in [0.1, 0.15) is 11.3 Å². The molecule has 0 aromatic carbocycles. The van der Waals surface area contributed by atoms with E-state index in [1.165, 1.54) is 11.3 Å². The van der Waals surface area contributed by atoms with Crippen LogP contribution in [0.15, 0.2) is 17.5 Å². The van der Waals surface area contributed by atoms with Gasteiger partial charge >= 0.3 is 13.1 Å². The second-order valence-corrected chi connectivity index (χ2v) is 5.75. The predicted octanol–water partition coefficient (Wildman–Crippen LogP) is -0.315. The maximum atomic E-state index is 11.9. The molecule has 2 rings (SSSR count). The Balaban J connectivity index is 1.85. The van der Waals surface area contributed by atoms with Gasteiger partial charge in [0, 0.05) is 4.88 Å². The standard InChI is InChI=1S/C12H16BNO6S/c15-11(5-9-2-1-3-21-9)14-10-7-19-6-8(4-12(16)17)20-13(10)18/h1-3,8,10,18H,4-7H2,(H,14,15)(H,16,17). The molecule has 0 bridgehead atoms. The Morgan fingerprint density at radius 2 is 2.29 bits per heavy atom. The number of carbonyl (C=O) groups is 2. The lowest BCUT2D eigenvalue weighted by Crippen LogP contribution is -2.50. The summed E-state index contributed by atoms with van der Waals surface area (Å²) in [6.07, 6.45) is -0.761. The summed E-state index contributed by atoms with van der Waals surface area (Å²) >= 11 is 1.47. The number of carboxylic acids is 1. The summed E-state index contributed by atoms with van der Waals surface area (Å²) in [5, 5.41) is 23.1. The number of carbonyl (C=O) groups excluding carboxylic acids is 1. The van der Waals surface area contributed by atoms with Gasteiger partial charge in [0.05, 0.1) is 38.1 Å². The van der Waals surface area contributed by atoms with Gasteiger partial charge in [-0.3, -0.25) is 9.59 Å². The molecule has 2 atom stereocenters. The summed E-state index contributed by atoms with van der Waals surface area (Å²) in [6, 6.07) is 3.71. The van der Waals surface area contributed by atoms with Gasteiger partial charge in [-0.25, -0.2) is 0 Å². The fourth-order valence-electron chi connectivity index (χ4n) is 1.98. The van der Waals surface area contributed by atoms with Gasteiger partial charge in [-0.15, -0.1) is 11.3 Å². The molecule has 1 amide bonds. The largest absolute Gasteiger partial charge is 0.481 e. The summed E-state index contributed by atoms with van der Waals surface area (Å²) in [6.45, 7) is 0.147. The molecule has 1 aromatic rings. The van der Waals surface area contributed by atoms with Crippen molar-refractivity contribution in [2.75, 3.05) is 13.2 Å². The van der Waals surface area contributed by atoms with E-state index in [1.807, 2.05) is 17.5 Å². The van der Waals surface area contributed by atoms with Crippen molar-refractivity contribution in [2.24, 2.45) is 0 Å². The summed E-state index contributed by atoms with van der Waals surface area (Å²) < 4.78 is 10.5. The molecule has 7 nitrogen and oxygen atoms in total. The lowest BCUT2D eigenvalue weighted by molar-refractivity contribution is -0.139. The summed E-state index contributed by atoms with van der Waals surface area (Å²) in [5.41, 5.74) is 0. The van der Waals surface area contributed by atoms with Crippen molar-refractivity contribution in [3.05, 3.63) is 22.4 Å². The van der Waals surface area contributed by atoms with Gasteiger partial charge in [-0.05, 0) is 11.4 Å². The van der Waals surface area contributed by atoms with Crippen LogP contribution in [0, 0.1) is 0 Å². The minimum absolute atomic E-state index is 0.0701. The maximum absolute atomic E-state index is 11.9. The number of aliphatic carboxylic acids is 1. The fraction of sp³-hybridized carbons (Fsp3) is 0.500. The van der Waals surface area contributed by atoms with Crippen LogP contribution in [-0.2, 0) is 25.4 Å². The van der Waals surface area contributed by atoms with Crippen molar-refractivity contribution in [1.29, 1.82) is 0 Å². The first-order valence-electron chi connectivity index (χ1n) is 6.49. The van der Waals surface area contributed by atoms with Gasteiger partial charge in [0.15, 0.2) is 0 Å². The van der Waals surface area contributed by atoms with Crippen molar-refractivity contribution in [3.8, 4) is 0 Å². The highest BCUT2D eigenvalue weighted by atomic mass is 32.1. The molecule has 0 spiro atoms. The quantitative estimate of drug-likeness (QED) is 0.644. The van der Waals surface area contributed by atoms with E-state index in [9.17, 15) is 14.6 Å². The summed E-state index contributed by atoms with van der Waals surface area (Å²) in [4.78, 5) is 23.4. The second kappa shape index (κ2) is 7.55. The minimum Gasteiger partial charge on any atom is -0.481 e. The van der Waals surface area contributed by atoms with Gasteiger partial charge in [-0.2, -0.15) is 0 Å². The Morgan fingerprint density at radius 3 is 2.95 bits per heavy atom. The number of ether oxygens (including phenoxy) is 1. The SMILES string of the molecule is O=C(O)CC1COCC(NC(=O)Cc2cccs2)B(O)O1. The highest BCUT2D eigenvalue weighted by Crippen LogP contribution is 2.11. The Bertz CT molecular complexity index is 482. The lowest BCUT2D eigenvalue weighted by Gasteiger charge is -2.18. The third-order valence-electron chi connectivity index (χ3n) is 2.94. The van der Waals surface area contributed by atoms with Crippen LogP contribution in [0.3, 0.4) is 0 Å². The van der Waals surface area contributed by atoms with Gasteiger partial charge in [0.1, 0.15) is 0 Å². The zero-order chi connectivity index (χ0) is 15.2. The number of hydrogen-bond acceptors (Lipinski definition) is 6. The topological polar surface area (TPSA) is 105 Å². The average Bonchev–Trinajstić information content (AvgIpc) is 2.83. The molecule has 0 radical (unpaired) electrons. The van der Waals surface area contributed by atoms with Crippen LogP contribution >= 0.6 is 11.3 Å². The molecule has 1 saturated heterocycles. The summed E-state index contributed by atoms with van der Waals surface area (Å²) in [5.74, 6) is -1.99. The Kier molecular flexibility index (Phi) is 5.74. The summed E-state index contributed by atoms with van der Waals surface area (Å²) in [7, 11) is -1.29. The van der Waals surface area contributed by atoms with Gasteiger partial charge in [0.2, 0.25) is 5.91 Å². The predicted molar refractivity (Wildman–Crippen MR) is 75.9 cm³/mol. The zero-order valence-electron chi connectivity index (χ0n) is 11.2. The highest BCUT2D eigenvalue weighted by molar-refractivity contribution is 7.10. The van der Waals surface area contributed by atoms with Crippen LogP contribution in [0.4, 0.5) is 0 Å². The van der Waals surface area contributed by atoms with E-state index in [1.54, 1.807) is 0 Å². The van der Waals surface area contributed by atoms with Crippen LogP contribution < -0.4 is 5.32 Å². The number of rotatable bonds is 5. The molecule has 2 unspecified atom stereocenters. The molecule has 2 heterocycles. The van der Waals surface area contributed by atoms with E-state index < -0.39 is 25.1 Å². The molecule has 0 saturated carbocycles. The van der Waals surface area contributed by atoms with Gasteiger partial charge in [0.25, 0.3) is 0 Å². The first-order valence-corrected chi connectivity index (χ1v) is 7.37. The molecule has 3 N–H and O–H groups in total. The first kappa shape index (κ1) is 16.0. The van der Waals surface area contributed by atoms with E-state index in [0.29, 0.717) is 0 Å². The molecule has 1 fully saturated rings. The van der Waals surface area contributed by atoms with Crippen molar-refractivity contribution < 1.29 is 29.1 Å². The third kappa shape index (κ3) is 5.12. The highest BCUT2D eigenvalue weighted by Gasteiger charge is 2.35. The Morgan fingerprint density at radius 1 is 1.48 bits per heavy atom. The number of thiophene rings is 1. The molecule has 1 aliphatic heterocycles. The first-order chi connectivity index (χ1) is 10.0. The number of carboxylic acid groups (broad SMARTS) is 1. The van der Waals surface area contributed by atoms with Crippen molar-refractivity contribution >= 4 is 30.3 Å². The van der Waals surface area contributed by atoms with Gasteiger partial charge < -0.3 is 24.8 Å². The van der Waals surface area contributed by atoms with Crippen LogP contribution in [0.2, 0.25) is 0 Å². The molecule has 114 valence electrons. The van der Waals surface area contributed by atoms with Crippen molar-refractivity contribution in [1.82, 2.24) is 5.32 Å². The smallest absolute Gasteiger partial charge is 0.480 e. The average molecular weight is 313 g/mol. The Labute approximate surface area is 126 Å². The van der Waals surface area contributed by atoms with Crippen molar-refractivity contribution in [2.45, 2.75) is 24.9 Å². The van der Waals surface area contributed by atoms with Gasteiger partial charge in [-0.1, -0.05) is 6.07 Å². The maximum Gasteiger partial charge on any atom is 0.480 e. The number of nitrogens with one attached hydrogen (secondary N) is 1. The molecule has 0 aliphatic carbocycles. The van der Waals surface area contributed by atoms with E-state index in [0.717, 1.165) is 4.88 Å². The third-order valence-corrected chi connectivity index (χ3v) is 3.82. The van der Waals surface area contributed by atoms with E-state index in [2.05, 4.69) is 5.32 Å². The van der Waals surface area contributed by atoms with E-state index in [-0.39, 0.29) is 32.0 Å². The monoisotopic (exact) mass is 313 g/mol. The van der Waals surface area contributed by atoms with E-state index >= 15 is 0 Å². The molecular formula is C12H16BNO6S. The minimum atomic E-state index is -1.29. The normalized spacial score (nSPS) is 22.6. The molecule has 21 heavy (non-hydrogen) atoms. The molecule has 9 heteroatoms. The molecular weight excluding hydrogens is 297 g/mol.